The Labute approximate surface area is 217 Å². The Bertz CT molecular complexity index is 1390. The van der Waals surface area contributed by atoms with Gasteiger partial charge < -0.3 is 15.2 Å². The Kier molecular flexibility index (Phi) is 8.71. The molecule has 4 rings (SSSR count). The molecule has 0 atom stereocenters. The summed E-state index contributed by atoms with van der Waals surface area (Å²) in [5.74, 6) is -0.338. The molecule has 0 aromatic heterocycles. The van der Waals surface area contributed by atoms with Crippen LogP contribution in [0.4, 0.5) is 0 Å². The predicted octanol–water partition coefficient (Wildman–Crippen LogP) is 6.20. The van der Waals surface area contributed by atoms with Crippen molar-refractivity contribution in [2.45, 2.75) is 32.8 Å². The summed E-state index contributed by atoms with van der Waals surface area (Å²) in [6.45, 7) is 2.77. The van der Waals surface area contributed by atoms with Crippen molar-refractivity contribution in [3.63, 3.8) is 0 Å². The van der Waals surface area contributed by atoms with E-state index in [2.05, 4.69) is 5.32 Å². The fourth-order valence-corrected chi connectivity index (χ4v) is 4.29. The maximum Gasteiger partial charge on any atom is 0.331 e. The molecule has 2 N–H and O–H groups in total. The third-order valence-electron chi connectivity index (χ3n) is 6.23. The number of rotatable bonds is 11. The quantitative estimate of drug-likeness (QED) is 0.244. The van der Waals surface area contributed by atoms with Crippen LogP contribution in [0, 0.1) is 0 Å². The summed E-state index contributed by atoms with van der Waals surface area (Å²) >= 11 is 0. The van der Waals surface area contributed by atoms with E-state index in [0.717, 1.165) is 33.9 Å². The minimum atomic E-state index is -0.948. The van der Waals surface area contributed by atoms with Gasteiger partial charge in [0.15, 0.2) is 0 Å². The third kappa shape index (κ3) is 7.07. The molecule has 0 fully saturated rings. The van der Waals surface area contributed by atoms with Gasteiger partial charge in [0.25, 0.3) is 0 Å². The van der Waals surface area contributed by atoms with Crippen molar-refractivity contribution in [1.82, 2.24) is 5.32 Å². The molecule has 0 radical (unpaired) electrons. The number of aliphatic carboxylic acids is 1. The lowest BCUT2D eigenvalue weighted by molar-refractivity contribution is -0.132. The summed E-state index contributed by atoms with van der Waals surface area (Å²) < 4.78 is 6.18. The number of nitrogens with one attached hydrogen (secondary N) is 1. The monoisotopic (exact) mass is 493 g/mol. The maximum absolute atomic E-state index is 12.9. The van der Waals surface area contributed by atoms with Crippen molar-refractivity contribution in [2.24, 2.45) is 0 Å². The number of carbonyl (C=O) groups excluding carboxylic acids is 1. The third-order valence-corrected chi connectivity index (χ3v) is 6.23. The van der Waals surface area contributed by atoms with Crippen LogP contribution in [0.3, 0.4) is 0 Å². The van der Waals surface area contributed by atoms with Gasteiger partial charge in [0, 0.05) is 17.5 Å². The van der Waals surface area contributed by atoms with Gasteiger partial charge in [0.2, 0.25) is 5.91 Å². The molecule has 4 aromatic rings. The van der Waals surface area contributed by atoms with Gasteiger partial charge in [-0.3, -0.25) is 4.79 Å². The SMILES string of the molecule is CC/C(=C\c1cc(CC(=O)NCCc2ccccc2)c2cccc(OCc3ccccc3)c2c1)C(=O)O. The van der Waals surface area contributed by atoms with Crippen LogP contribution in [-0.2, 0) is 29.0 Å². The molecule has 0 aliphatic carbocycles. The molecular weight excluding hydrogens is 462 g/mol. The van der Waals surface area contributed by atoms with Crippen LogP contribution in [-0.4, -0.2) is 23.5 Å². The predicted molar refractivity (Wildman–Crippen MR) is 147 cm³/mol. The van der Waals surface area contributed by atoms with Crippen LogP contribution in [0.2, 0.25) is 0 Å². The summed E-state index contributed by atoms with van der Waals surface area (Å²) in [5.41, 5.74) is 4.08. The Balaban J connectivity index is 1.62. The summed E-state index contributed by atoms with van der Waals surface area (Å²) in [6, 6.07) is 29.6. The molecule has 188 valence electrons. The van der Waals surface area contributed by atoms with Crippen LogP contribution in [0.15, 0.2) is 96.6 Å². The summed E-state index contributed by atoms with van der Waals surface area (Å²) in [6.07, 6.45) is 3.01. The lowest BCUT2D eigenvalue weighted by Gasteiger charge is -2.14. The first-order chi connectivity index (χ1) is 18.0. The molecule has 5 heteroatoms. The van der Waals surface area contributed by atoms with Gasteiger partial charge in [-0.25, -0.2) is 4.79 Å². The number of amides is 1. The van der Waals surface area contributed by atoms with E-state index in [1.807, 2.05) is 97.9 Å². The molecule has 0 aliphatic heterocycles. The van der Waals surface area contributed by atoms with Crippen molar-refractivity contribution in [1.29, 1.82) is 0 Å². The molecule has 1 amide bonds. The average Bonchev–Trinajstić information content (AvgIpc) is 2.91. The zero-order valence-corrected chi connectivity index (χ0v) is 20.9. The number of ether oxygens (including phenoxy) is 1. The Morgan fingerprint density at radius 3 is 2.24 bits per heavy atom. The molecule has 0 spiro atoms. The number of carboxylic acids is 1. The second kappa shape index (κ2) is 12.5. The maximum atomic E-state index is 12.9. The molecular formula is C32H31NO4. The first-order valence-corrected chi connectivity index (χ1v) is 12.5. The standard InChI is InChI=1S/C32H31NO4/c1-2-26(32(35)36)18-25-19-27(21-31(34)33-17-16-23-10-5-3-6-11-23)28-14-9-15-30(29(28)20-25)37-22-24-12-7-4-8-13-24/h3-15,18-20H,2,16-17,21-22H2,1H3,(H,33,34)(H,35,36)/b26-18+. The van der Waals surface area contributed by atoms with E-state index in [4.69, 9.17) is 4.74 Å². The zero-order chi connectivity index (χ0) is 26.0. The average molecular weight is 494 g/mol. The van der Waals surface area contributed by atoms with E-state index in [1.165, 1.54) is 5.56 Å². The van der Waals surface area contributed by atoms with Crippen LogP contribution < -0.4 is 10.1 Å². The van der Waals surface area contributed by atoms with Crippen molar-refractivity contribution in [2.75, 3.05) is 6.54 Å². The lowest BCUT2D eigenvalue weighted by Crippen LogP contribution is -2.27. The number of hydrogen-bond acceptors (Lipinski definition) is 3. The zero-order valence-electron chi connectivity index (χ0n) is 20.9. The van der Waals surface area contributed by atoms with Crippen LogP contribution in [0.5, 0.6) is 5.75 Å². The fourth-order valence-electron chi connectivity index (χ4n) is 4.29. The minimum absolute atomic E-state index is 0.0806. The van der Waals surface area contributed by atoms with Gasteiger partial charge in [0.05, 0.1) is 6.42 Å². The van der Waals surface area contributed by atoms with Crippen molar-refractivity contribution < 1.29 is 19.4 Å². The van der Waals surface area contributed by atoms with E-state index < -0.39 is 5.97 Å². The van der Waals surface area contributed by atoms with E-state index >= 15 is 0 Å². The van der Waals surface area contributed by atoms with Gasteiger partial charge in [0.1, 0.15) is 12.4 Å². The number of benzene rings is 4. The minimum Gasteiger partial charge on any atom is -0.488 e. The fraction of sp³-hybridized carbons (Fsp3) is 0.188. The molecule has 5 nitrogen and oxygen atoms in total. The topological polar surface area (TPSA) is 75.6 Å². The van der Waals surface area contributed by atoms with E-state index in [-0.39, 0.29) is 12.3 Å². The number of fused-ring (bicyclic) bond motifs is 1. The normalized spacial score (nSPS) is 11.3. The molecule has 0 saturated carbocycles. The van der Waals surface area contributed by atoms with Gasteiger partial charge in [-0.2, -0.15) is 0 Å². The molecule has 37 heavy (non-hydrogen) atoms. The molecule has 0 heterocycles. The highest BCUT2D eigenvalue weighted by Crippen LogP contribution is 2.31. The number of carbonyl (C=O) groups is 2. The number of carboxylic acid groups (broad SMARTS) is 1. The van der Waals surface area contributed by atoms with E-state index in [0.29, 0.717) is 30.9 Å². The smallest absolute Gasteiger partial charge is 0.331 e. The van der Waals surface area contributed by atoms with Gasteiger partial charge in [-0.05, 0) is 58.7 Å². The Hall–Kier alpha value is -4.38. The van der Waals surface area contributed by atoms with Crippen LogP contribution in [0.25, 0.3) is 16.8 Å². The lowest BCUT2D eigenvalue weighted by atomic mass is 9.96. The molecule has 0 bridgehead atoms. The van der Waals surface area contributed by atoms with Crippen LogP contribution >= 0.6 is 0 Å². The largest absolute Gasteiger partial charge is 0.488 e. The molecule has 0 unspecified atom stereocenters. The summed E-state index contributed by atoms with van der Waals surface area (Å²) in [4.78, 5) is 24.6. The van der Waals surface area contributed by atoms with Crippen LogP contribution in [0.1, 0.15) is 35.6 Å². The second-order valence-electron chi connectivity index (χ2n) is 8.90. The van der Waals surface area contributed by atoms with E-state index in [9.17, 15) is 14.7 Å². The van der Waals surface area contributed by atoms with Gasteiger partial charge in [-0.1, -0.05) is 85.8 Å². The molecule has 0 saturated heterocycles. The summed E-state index contributed by atoms with van der Waals surface area (Å²) in [7, 11) is 0. The second-order valence-corrected chi connectivity index (χ2v) is 8.90. The van der Waals surface area contributed by atoms with Gasteiger partial charge >= 0.3 is 5.97 Å². The number of hydrogen-bond donors (Lipinski definition) is 2. The Morgan fingerprint density at radius 1 is 0.865 bits per heavy atom. The molecule has 0 aliphatic rings. The van der Waals surface area contributed by atoms with Crippen molar-refractivity contribution in [3.8, 4) is 5.75 Å². The van der Waals surface area contributed by atoms with Crippen molar-refractivity contribution in [3.05, 3.63) is 119 Å². The van der Waals surface area contributed by atoms with Crippen molar-refractivity contribution >= 4 is 28.7 Å². The highest BCUT2D eigenvalue weighted by atomic mass is 16.5. The first kappa shape index (κ1) is 25.7. The van der Waals surface area contributed by atoms with Gasteiger partial charge in [-0.15, -0.1) is 0 Å². The first-order valence-electron chi connectivity index (χ1n) is 12.5. The molecule has 4 aromatic carbocycles. The summed E-state index contributed by atoms with van der Waals surface area (Å²) in [5, 5.41) is 14.3. The van der Waals surface area contributed by atoms with E-state index in [1.54, 1.807) is 6.08 Å². The highest BCUT2D eigenvalue weighted by Gasteiger charge is 2.13. The highest BCUT2D eigenvalue weighted by molar-refractivity contribution is 5.97. The Morgan fingerprint density at radius 2 is 1.57 bits per heavy atom.